The first-order valence-electron chi connectivity index (χ1n) is 6.31. The predicted octanol–water partition coefficient (Wildman–Crippen LogP) is 2.51. The Morgan fingerprint density at radius 3 is 2.59 bits per heavy atom. The maximum Gasteiger partial charge on any atom is 0.124 e. The minimum Gasteiger partial charge on any atom is -0.494 e. The first-order valence-corrected chi connectivity index (χ1v) is 6.31. The van der Waals surface area contributed by atoms with Crippen LogP contribution in [-0.2, 0) is 0 Å². The molecule has 1 rings (SSSR count). The third-order valence-corrected chi connectivity index (χ3v) is 2.88. The smallest absolute Gasteiger partial charge is 0.124 e. The molecular formula is C14H23NO2. The van der Waals surface area contributed by atoms with Crippen molar-refractivity contribution in [2.75, 3.05) is 13.2 Å². The molecule has 0 spiro atoms. The first kappa shape index (κ1) is 14.0. The lowest BCUT2D eigenvalue weighted by molar-refractivity contribution is 0.229. The summed E-state index contributed by atoms with van der Waals surface area (Å²) >= 11 is 0. The van der Waals surface area contributed by atoms with Crippen LogP contribution in [-0.4, -0.2) is 24.4 Å². The van der Waals surface area contributed by atoms with Gasteiger partial charge in [-0.05, 0) is 26.3 Å². The average Bonchev–Trinajstić information content (AvgIpc) is 2.36. The van der Waals surface area contributed by atoms with E-state index in [2.05, 4.69) is 25.2 Å². The zero-order valence-electron chi connectivity index (χ0n) is 10.9. The van der Waals surface area contributed by atoms with Crippen molar-refractivity contribution in [1.29, 1.82) is 0 Å². The molecule has 3 heteroatoms. The number of hydrogen-bond donors (Lipinski definition) is 2. The van der Waals surface area contributed by atoms with Gasteiger partial charge in [0.1, 0.15) is 5.75 Å². The second kappa shape index (κ2) is 7.30. The van der Waals surface area contributed by atoms with Crippen LogP contribution in [0.15, 0.2) is 24.3 Å². The Morgan fingerprint density at radius 2 is 2.00 bits per heavy atom. The monoisotopic (exact) mass is 237 g/mol. The van der Waals surface area contributed by atoms with E-state index in [9.17, 15) is 5.11 Å². The maximum absolute atomic E-state index is 9.20. The number of para-hydroxylation sites is 1. The topological polar surface area (TPSA) is 41.5 Å². The number of benzene rings is 1. The van der Waals surface area contributed by atoms with Crippen molar-refractivity contribution in [2.45, 2.75) is 39.3 Å². The molecule has 1 aromatic rings. The Balaban J connectivity index is 2.76. The second-order valence-corrected chi connectivity index (χ2v) is 4.15. The number of nitrogens with one attached hydrogen (secondary N) is 1. The molecule has 96 valence electrons. The SMILES string of the molecule is CCOc1ccccc1C(C)N[C@@H](CC)CO. The van der Waals surface area contributed by atoms with E-state index in [1.807, 2.05) is 25.1 Å². The Hall–Kier alpha value is -1.06. The van der Waals surface area contributed by atoms with Crippen LogP contribution < -0.4 is 10.1 Å². The van der Waals surface area contributed by atoms with Gasteiger partial charge in [-0.2, -0.15) is 0 Å². The normalized spacial score (nSPS) is 14.4. The molecule has 0 bridgehead atoms. The summed E-state index contributed by atoms with van der Waals surface area (Å²) in [6.07, 6.45) is 0.914. The van der Waals surface area contributed by atoms with Gasteiger partial charge >= 0.3 is 0 Å². The summed E-state index contributed by atoms with van der Waals surface area (Å²) in [5.74, 6) is 0.919. The van der Waals surface area contributed by atoms with Gasteiger partial charge in [-0.15, -0.1) is 0 Å². The molecule has 3 nitrogen and oxygen atoms in total. The van der Waals surface area contributed by atoms with Crippen molar-refractivity contribution in [3.8, 4) is 5.75 Å². The lowest BCUT2D eigenvalue weighted by Crippen LogP contribution is -2.34. The molecule has 0 aliphatic carbocycles. The van der Waals surface area contributed by atoms with Crippen molar-refractivity contribution in [3.63, 3.8) is 0 Å². The minimum atomic E-state index is 0.139. The van der Waals surface area contributed by atoms with Gasteiger partial charge < -0.3 is 15.2 Å². The largest absolute Gasteiger partial charge is 0.494 e. The highest BCUT2D eigenvalue weighted by atomic mass is 16.5. The van der Waals surface area contributed by atoms with Crippen LogP contribution in [0.25, 0.3) is 0 Å². The molecule has 0 radical (unpaired) electrons. The van der Waals surface area contributed by atoms with Crippen molar-refractivity contribution in [3.05, 3.63) is 29.8 Å². The van der Waals surface area contributed by atoms with Crippen LogP contribution in [0.5, 0.6) is 5.75 Å². The molecule has 0 saturated carbocycles. The standard InChI is InChI=1S/C14H23NO2/c1-4-12(10-16)15-11(3)13-8-6-7-9-14(13)17-5-2/h6-9,11-12,15-16H,4-5,10H2,1-3H3/t11?,12-/m0/s1. The van der Waals surface area contributed by atoms with Gasteiger partial charge in [-0.1, -0.05) is 25.1 Å². The maximum atomic E-state index is 9.20. The van der Waals surface area contributed by atoms with Crippen molar-refractivity contribution >= 4 is 0 Å². The molecule has 17 heavy (non-hydrogen) atoms. The van der Waals surface area contributed by atoms with Gasteiger partial charge in [0.2, 0.25) is 0 Å². The van der Waals surface area contributed by atoms with Crippen LogP contribution in [0, 0.1) is 0 Å². The molecule has 0 aliphatic rings. The zero-order valence-corrected chi connectivity index (χ0v) is 10.9. The summed E-state index contributed by atoms with van der Waals surface area (Å²) in [7, 11) is 0. The van der Waals surface area contributed by atoms with Crippen molar-refractivity contribution in [1.82, 2.24) is 5.32 Å². The van der Waals surface area contributed by atoms with E-state index in [-0.39, 0.29) is 18.7 Å². The molecule has 2 atom stereocenters. The van der Waals surface area contributed by atoms with Crippen LogP contribution in [0.4, 0.5) is 0 Å². The van der Waals surface area contributed by atoms with Gasteiger partial charge in [0.15, 0.2) is 0 Å². The Labute approximate surface area is 104 Å². The number of aliphatic hydroxyl groups excluding tert-OH is 1. The summed E-state index contributed by atoms with van der Waals surface area (Å²) in [5, 5.41) is 12.6. The number of rotatable bonds is 7. The molecule has 0 aliphatic heterocycles. The Kier molecular flexibility index (Phi) is 6.01. The second-order valence-electron chi connectivity index (χ2n) is 4.15. The molecule has 1 aromatic carbocycles. The van der Waals surface area contributed by atoms with E-state index in [1.54, 1.807) is 0 Å². The Morgan fingerprint density at radius 1 is 1.29 bits per heavy atom. The van der Waals surface area contributed by atoms with E-state index in [1.165, 1.54) is 0 Å². The molecule has 2 N–H and O–H groups in total. The molecule has 0 amide bonds. The highest BCUT2D eigenvalue weighted by molar-refractivity contribution is 5.35. The van der Waals surface area contributed by atoms with Gasteiger partial charge in [-0.25, -0.2) is 0 Å². The number of ether oxygens (including phenoxy) is 1. The van der Waals surface area contributed by atoms with Gasteiger partial charge in [0.25, 0.3) is 0 Å². The lowest BCUT2D eigenvalue weighted by atomic mass is 10.1. The van der Waals surface area contributed by atoms with Crippen LogP contribution >= 0.6 is 0 Å². The predicted molar refractivity (Wildman–Crippen MR) is 70.3 cm³/mol. The molecular weight excluding hydrogens is 214 g/mol. The summed E-state index contributed by atoms with van der Waals surface area (Å²) in [6.45, 7) is 6.97. The summed E-state index contributed by atoms with van der Waals surface area (Å²) in [4.78, 5) is 0. The molecule has 1 unspecified atom stereocenters. The van der Waals surface area contributed by atoms with Gasteiger partial charge in [-0.3, -0.25) is 0 Å². The van der Waals surface area contributed by atoms with E-state index < -0.39 is 0 Å². The van der Waals surface area contributed by atoms with Crippen LogP contribution in [0.2, 0.25) is 0 Å². The van der Waals surface area contributed by atoms with Crippen LogP contribution in [0.3, 0.4) is 0 Å². The van der Waals surface area contributed by atoms with E-state index in [4.69, 9.17) is 4.74 Å². The van der Waals surface area contributed by atoms with Crippen molar-refractivity contribution < 1.29 is 9.84 Å². The highest BCUT2D eigenvalue weighted by Crippen LogP contribution is 2.25. The molecule has 0 aromatic heterocycles. The van der Waals surface area contributed by atoms with Crippen molar-refractivity contribution in [2.24, 2.45) is 0 Å². The summed E-state index contributed by atoms with van der Waals surface area (Å²) in [6, 6.07) is 8.35. The van der Waals surface area contributed by atoms with Gasteiger partial charge in [0.05, 0.1) is 13.2 Å². The minimum absolute atomic E-state index is 0.139. The van der Waals surface area contributed by atoms with E-state index >= 15 is 0 Å². The van der Waals surface area contributed by atoms with E-state index in [0.29, 0.717) is 6.61 Å². The fourth-order valence-corrected chi connectivity index (χ4v) is 1.87. The lowest BCUT2D eigenvalue weighted by Gasteiger charge is -2.22. The summed E-state index contributed by atoms with van der Waals surface area (Å²) < 4.78 is 5.60. The number of aliphatic hydroxyl groups is 1. The highest BCUT2D eigenvalue weighted by Gasteiger charge is 2.14. The fraction of sp³-hybridized carbons (Fsp3) is 0.571. The summed E-state index contributed by atoms with van der Waals surface area (Å²) in [5.41, 5.74) is 1.14. The average molecular weight is 237 g/mol. The fourth-order valence-electron chi connectivity index (χ4n) is 1.87. The molecule has 0 saturated heterocycles. The van der Waals surface area contributed by atoms with Crippen LogP contribution in [0.1, 0.15) is 38.8 Å². The molecule has 0 fully saturated rings. The Bertz CT molecular complexity index is 324. The molecule has 0 heterocycles. The quantitative estimate of drug-likeness (QED) is 0.765. The van der Waals surface area contributed by atoms with E-state index in [0.717, 1.165) is 17.7 Å². The number of hydrogen-bond acceptors (Lipinski definition) is 3. The zero-order chi connectivity index (χ0) is 12.7. The third kappa shape index (κ3) is 4.02. The third-order valence-electron chi connectivity index (χ3n) is 2.88. The first-order chi connectivity index (χ1) is 8.22. The van der Waals surface area contributed by atoms with Gasteiger partial charge in [0, 0.05) is 17.6 Å².